The normalized spacial score (nSPS) is 11.3. The number of aromatic nitrogens is 2. The third-order valence-electron chi connectivity index (χ3n) is 5.24. The van der Waals surface area contributed by atoms with Crippen molar-refractivity contribution < 1.29 is 9.15 Å². The van der Waals surface area contributed by atoms with Gasteiger partial charge in [-0.1, -0.05) is 65.8 Å². The maximum Gasteiger partial charge on any atom is 0.298 e. The van der Waals surface area contributed by atoms with Crippen molar-refractivity contribution in [2.45, 2.75) is 17.5 Å². The minimum Gasteiger partial charge on any atom is -0.497 e. The van der Waals surface area contributed by atoms with E-state index in [1.807, 2.05) is 72.8 Å². The number of rotatable bonds is 6. The third-order valence-corrected chi connectivity index (χ3v) is 6.63. The minimum atomic E-state index is -0.212. The van der Waals surface area contributed by atoms with Gasteiger partial charge in [0, 0.05) is 16.2 Å². The molecule has 0 aliphatic heterocycles. The highest BCUT2D eigenvalue weighted by atomic mass is 35.5. The van der Waals surface area contributed by atoms with E-state index in [2.05, 4.69) is 0 Å². The van der Waals surface area contributed by atoms with Crippen LogP contribution in [0.5, 0.6) is 5.75 Å². The number of nitrogens with zero attached hydrogens (tertiary/aromatic N) is 2. The fourth-order valence-corrected chi connectivity index (χ4v) is 4.89. The Morgan fingerprint density at radius 2 is 1.88 bits per heavy atom. The number of thioether (sulfide) groups is 1. The predicted molar refractivity (Wildman–Crippen MR) is 129 cm³/mol. The lowest BCUT2D eigenvalue weighted by Crippen LogP contribution is -2.23. The number of benzene rings is 3. The largest absolute Gasteiger partial charge is 0.497 e. The Bertz CT molecular complexity index is 1490. The summed E-state index contributed by atoms with van der Waals surface area (Å²) in [5.41, 5.74) is 3.19. The molecule has 0 radical (unpaired) electrons. The average molecular weight is 463 g/mol. The Labute approximate surface area is 193 Å². The molecule has 7 heteroatoms. The Hall–Kier alpha value is -3.22. The van der Waals surface area contributed by atoms with E-state index in [1.54, 1.807) is 11.7 Å². The summed E-state index contributed by atoms with van der Waals surface area (Å²) in [6.45, 7) is 0.348. The van der Waals surface area contributed by atoms with Crippen molar-refractivity contribution in [3.63, 3.8) is 0 Å². The lowest BCUT2D eigenvalue weighted by atomic mass is 10.2. The molecule has 5 aromatic rings. The van der Waals surface area contributed by atoms with Crippen LogP contribution >= 0.6 is 23.4 Å². The van der Waals surface area contributed by atoms with Gasteiger partial charge in [-0.3, -0.25) is 9.36 Å². The number of halogens is 1. The number of hydrogen-bond donors (Lipinski definition) is 0. The molecule has 2 aromatic heterocycles. The lowest BCUT2D eigenvalue weighted by Gasteiger charge is -2.13. The summed E-state index contributed by atoms with van der Waals surface area (Å²) >= 11 is 7.83. The molecular formula is C25H19ClN2O3S. The molecule has 32 heavy (non-hydrogen) atoms. The highest BCUT2D eigenvalue weighted by molar-refractivity contribution is 7.98. The van der Waals surface area contributed by atoms with E-state index in [0.717, 1.165) is 22.3 Å². The van der Waals surface area contributed by atoms with Crippen molar-refractivity contribution in [3.05, 3.63) is 99.3 Å². The monoisotopic (exact) mass is 462 g/mol. The first-order chi connectivity index (χ1) is 15.6. The van der Waals surface area contributed by atoms with Gasteiger partial charge in [0.2, 0.25) is 5.58 Å². The minimum absolute atomic E-state index is 0.212. The summed E-state index contributed by atoms with van der Waals surface area (Å²) in [6, 6.07) is 22.9. The van der Waals surface area contributed by atoms with Crippen LogP contribution in [-0.4, -0.2) is 16.7 Å². The summed E-state index contributed by atoms with van der Waals surface area (Å²) in [5.74, 6) is 1.32. The van der Waals surface area contributed by atoms with E-state index in [4.69, 9.17) is 25.7 Å². The van der Waals surface area contributed by atoms with Crippen molar-refractivity contribution in [1.82, 2.24) is 9.55 Å². The SMILES string of the molecule is COc1cccc(Cn2c(SCc3ccccc3Cl)nc3c(oc4ccccc43)c2=O)c1. The summed E-state index contributed by atoms with van der Waals surface area (Å²) in [5, 5.41) is 2.13. The molecule has 0 fully saturated rings. The van der Waals surface area contributed by atoms with E-state index >= 15 is 0 Å². The molecule has 0 spiro atoms. The van der Waals surface area contributed by atoms with Crippen LogP contribution < -0.4 is 10.3 Å². The summed E-state index contributed by atoms with van der Waals surface area (Å²) in [4.78, 5) is 18.4. The second-order valence-electron chi connectivity index (χ2n) is 7.29. The van der Waals surface area contributed by atoms with E-state index in [-0.39, 0.29) is 11.1 Å². The molecule has 0 bridgehead atoms. The number of hydrogen-bond acceptors (Lipinski definition) is 5. The van der Waals surface area contributed by atoms with Crippen molar-refractivity contribution in [2.24, 2.45) is 0 Å². The fraction of sp³-hybridized carbons (Fsp3) is 0.120. The van der Waals surface area contributed by atoms with Crippen LogP contribution in [0.2, 0.25) is 5.02 Å². The second-order valence-corrected chi connectivity index (χ2v) is 8.64. The van der Waals surface area contributed by atoms with E-state index in [1.165, 1.54) is 11.8 Å². The fourth-order valence-electron chi connectivity index (χ4n) is 3.61. The van der Waals surface area contributed by atoms with Crippen LogP contribution in [0.15, 0.2) is 87.2 Å². The first-order valence-electron chi connectivity index (χ1n) is 10.1. The molecule has 0 aliphatic rings. The summed E-state index contributed by atoms with van der Waals surface area (Å²) < 4.78 is 12.9. The predicted octanol–water partition coefficient (Wildman–Crippen LogP) is 6.15. The molecule has 0 amide bonds. The molecule has 5 nitrogen and oxygen atoms in total. The van der Waals surface area contributed by atoms with Gasteiger partial charge in [-0.05, 0) is 41.5 Å². The summed E-state index contributed by atoms with van der Waals surface area (Å²) in [6.07, 6.45) is 0. The van der Waals surface area contributed by atoms with Gasteiger partial charge >= 0.3 is 0 Å². The molecule has 3 aromatic carbocycles. The zero-order chi connectivity index (χ0) is 22.1. The molecule has 0 aliphatic carbocycles. The van der Waals surface area contributed by atoms with Crippen LogP contribution in [0.1, 0.15) is 11.1 Å². The quantitative estimate of drug-likeness (QED) is 0.224. The molecule has 2 heterocycles. The molecular weight excluding hydrogens is 444 g/mol. The zero-order valence-electron chi connectivity index (χ0n) is 17.2. The van der Waals surface area contributed by atoms with Gasteiger partial charge in [0.1, 0.15) is 16.8 Å². The Kier molecular flexibility index (Phi) is 5.64. The first-order valence-corrected chi connectivity index (χ1v) is 11.4. The summed E-state index contributed by atoms with van der Waals surface area (Å²) in [7, 11) is 1.62. The van der Waals surface area contributed by atoms with Crippen LogP contribution in [-0.2, 0) is 12.3 Å². The van der Waals surface area contributed by atoms with Crippen molar-refractivity contribution in [2.75, 3.05) is 7.11 Å². The maximum atomic E-state index is 13.5. The first kappa shape index (κ1) is 20.7. The van der Waals surface area contributed by atoms with E-state index < -0.39 is 0 Å². The molecule has 0 saturated heterocycles. The van der Waals surface area contributed by atoms with Gasteiger partial charge in [0.25, 0.3) is 5.56 Å². The van der Waals surface area contributed by atoms with Crippen molar-refractivity contribution in [3.8, 4) is 5.75 Å². The molecule has 0 atom stereocenters. The van der Waals surface area contributed by atoms with Gasteiger partial charge in [-0.15, -0.1) is 0 Å². The van der Waals surface area contributed by atoms with Gasteiger partial charge in [-0.25, -0.2) is 4.98 Å². The van der Waals surface area contributed by atoms with Crippen LogP contribution in [0, 0.1) is 0 Å². The van der Waals surface area contributed by atoms with E-state index in [0.29, 0.717) is 33.6 Å². The topological polar surface area (TPSA) is 57.3 Å². The molecule has 0 unspecified atom stereocenters. The van der Waals surface area contributed by atoms with Crippen molar-refractivity contribution >= 4 is 45.4 Å². The standard InChI is InChI=1S/C25H19ClN2O3S/c1-30-18-9-6-7-16(13-18)14-28-24(29)23-22(19-10-3-5-12-21(19)31-23)27-25(28)32-15-17-8-2-4-11-20(17)26/h2-13H,14-15H2,1H3. The Morgan fingerprint density at radius 1 is 1.06 bits per heavy atom. The number of furan rings is 1. The number of ether oxygens (including phenoxy) is 1. The number of fused-ring (bicyclic) bond motifs is 3. The van der Waals surface area contributed by atoms with E-state index in [9.17, 15) is 4.79 Å². The number of para-hydroxylation sites is 1. The zero-order valence-corrected chi connectivity index (χ0v) is 18.8. The Balaban J connectivity index is 1.64. The van der Waals surface area contributed by atoms with Gasteiger partial charge < -0.3 is 9.15 Å². The van der Waals surface area contributed by atoms with Gasteiger partial charge in [0.15, 0.2) is 5.16 Å². The lowest BCUT2D eigenvalue weighted by molar-refractivity contribution is 0.414. The number of methoxy groups -OCH3 is 1. The van der Waals surface area contributed by atoms with Crippen LogP contribution in [0.3, 0.4) is 0 Å². The highest BCUT2D eigenvalue weighted by Gasteiger charge is 2.18. The molecule has 5 rings (SSSR count). The molecule has 160 valence electrons. The van der Waals surface area contributed by atoms with Crippen molar-refractivity contribution in [1.29, 1.82) is 0 Å². The average Bonchev–Trinajstić information content (AvgIpc) is 3.20. The van der Waals surface area contributed by atoms with Gasteiger partial charge in [0.05, 0.1) is 13.7 Å². The maximum absolute atomic E-state index is 13.5. The van der Waals surface area contributed by atoms with Crippen LogP contribution in [0.25, 0.3) is 22.1 Å². The molecule has 0 saturated carbocycles. The Morgan fingerprint density at radius 3 is 2.72 bits per heavy atom. The van der Waals surface area contributed by atoms with Crippen LogP contribution in [0.4, 0.5) is 0 Å². The van der Waals surface area contributed by atoms with Gasteiger partial charge in [-0.2, -0.15) is 0 Å². The molecule has 0 N–H and O–H groups in total. The second kappa shape index (κ2) is 8.73. The smallest absolute Gasteiger partial charge is 0.298 e. The highest BCUT2D eigenvalue weighted by Crippen LogP contribution is 2.30. The third kappa shape index (κ3) is 3.87.